The first-order chi connectivity index (χ1) is 9.34. The van der Waals surface area contributed by atoms with Gasteiger partial charge in [0.2, 0.25) is 0 Å². The molecule has 0 amide bonds. The summed E-state index contributed by atoms with van der Waals surface area (Å²) in [7, 11) is 0. The molecule has 106 valence electrons. The number of benzene rings is 1. The zero-order chi connectivity index (χ0) is 14.8. The molecule has 0 fully saturated rings. The van der Waals surface area contributed by atoms with Crippen LogP contribution in [0.2, 0.25) is 0 Å². The van der Waals surface area contributed by atoms with Crippen molar-refractivity contribution in [2.24, 2.45) is 0 Å². The van der Waals surface area contributed by atoms with Gasteiger partial charge in [0.15, 0.2) is 0 Å². The number of nitrogens with zero attached hydrogens (tertiary/aromatic N) is 1. The van der Waals surface area contributed by atoms with Crippen molar-refractivity contribution in [3.63, 3.8) is 0 Å². The summed E-state index contributed by atoms with van der Waals surface area (Å²) < 4.78 is 0. The largest absolute Gasteiger partial charge is 0.481 e. The number of aromatic nitrogens is 2. The van der Waals surface area contributed by atoms with Crippen LogP contribution < -0.4 is 0 Å². The van der Waals surface area contributed by atoms with Crippen molar-refractivity contribution in [3.05, 3.63) is 52.8 Å². The van der Waals surface area contributed by atoms with E-state index in [4.69, 9.17) is 5.11 Å². The smallest absolute Gasteiger partial charge is 0.309 e. The van der Waals surface area contributed by atoms with Crippen LogP contribution in [0, 0.1) is 0 Å². The fourth-order valence-corrected chi connectivity index (χ4v) is 2.09. The van der Waals surface area contributed by atoms with Crippen molar-refractivity contribution in [1.29, 1.82) is 0 Å². The third-order valence-corrected chi connectivity index (χ3v) is 3.23. The number of aromatic amines is 1. The van der Waals surface area contributed by atoms with Gasteiger partial charge in [-0.05, 0) is 22.6 Å². The highest BCUT2D eigenvalue weighted by Gasteiger charge is 2.13. The van der Waals surface area contributed by atoms with Gasteiger partial charge in [-0.3, -0.25) is 9.89 Å². The number of hydrogen-bond acceptors (Lipinski definition) is 2. The highest BCUT2D eigenvalue weighted by atomic mass is 16.4. The van der Waals surface area contributed by atoms with E-state index in [2.05, 4.69) is 55.2 Å². The van der Waals surface area contributed by atoms with E-state index in [0.717, 1.165) is 12.1 Å². The van der Waals surface area contributed by atoms with E-state index in [0.29, 0.717) is 5.69 Å². The molecule has 2 N–H and O–H groups in total. The monoisotopic (exact) mass is 272 g/mol. The minimum absolute atomic E-state index is 0.0422. The van der Waals surface area contributed by atoms with Gasteiger partial charge in [0.1, 0.15) is 0 Å². The number of carbonyl (C=O) groups is 1. The molecular formula is C16H20N2O2. The topological polar surface area (TPSA) is 66.0 Å². The zero-order valence-corrected chi connectivity index (χ0v) is 12.1. The second kappa shape index (κ2) is 5.49. The Bertz CT molecular complexity index is 592. The molecule has 2 rings (SSSR count). The van der Waals surface area contributed by atoms with Gasteiger partial charge >= 0.3 is 5.97 Å². The fraction of sp³-hybridized carbons (Fsp3) is 0.375. The SMILES string of the molecule is CC(C)(C)c1ccc(Cc2cc(CC(=O)O)n[nH]2)cc1. The lowest BCUT2D eigenvalue weighted by molar-refractivity contribution is -0.136. The Kier molecular flexibility index (Phi) is 3.93. The normalized spacial score (nSPS) is 11.6. The predicted octanol–water partition coefficient (Wildman–Crippen LogP) is 2.93. The number of hydrogen-bond donors (Lipinski definition) is 2. The molecule has 2 aromatic rings. The van der Waals surface area contributed by atoms with Crippen LogP contribution in [-0.2, 0) is 23.1 Å². The first kappa shape index (κ1) is 14.3. The lowest BCUT2D eigenvalue weighted by atomic mass is 9.86. The molecule has 1 heterocycles. The van der Waals surface area contributed by atoms with Crippen LogP contribution >= 0.6 is 0 Å². The fourth-order valence-electron chi connectivity index (χ4n) is 2.09. The molecule has 0 radical (unpaired) electrons. The lowest BCUT2D eigenvalue weighted by Crippen LogP contribution is -2.10. The number of nitrogens with one attached hydrogen (secondary N) is 1. The molecule has 1 aromatic carbocycles. The molecule has 0 saturated carbocycles. The van der Waals surface area contributed by atoms with Crippen LogP contribution in [0.1, 0.15) is 43.3 Å². The maximum atomic E-state index is 10.6. The summed E-state index contributed by atoms with van der Waals surface area (Å²) in [5, 5.41) is 15.6. The van der Waals surface area contributed by atoms with E-state index in [1.165, 1.54) is 11.1 Å². The predicted molar refractivity (Wildman–Crippen MR) is 77.9 cm³/mol. The molecule has 4 heteroatoms. The Labute approximate surface area is 118 Å². The quantitative estimate of drug-likeness (QED) is 0.899. The summed E-state index contributed by atoms with van der Waals surface area (Å²) in [6, 6.07) is 10.3. The zero-order valence-electron chi connectivity index (χ0n) is 12.1. The van der Waals surface area contributed by atoms with Crippen molar-refractivity contribution in [2.75, 3.05) is 0 Å². The number of aliphatic carboxylic acids is 1. The van der Waals surface area contributed by atoms with Crippen LogP contribution in [-0.4, -0.2) is 21.3 Å². The van der Waals surface area contributed by atoms with E-state index >= 15 is 0 Å². The molecule has 0 bridgehead atoms. The maximum absolute atomic E-state index is 10.6. The summed E-state index contributed by atoms with van der Waals surface area (Å²) in [6.07, 6.45) is 0.691. The molecule has 0 aliphatic carbocycles. The third kappa shape index (κ3) is 3.70. The maximum Gasteiger partial charge on any atom is 0.309 e. The Morgan fingerprint density at radius 2 is 1.90 bits per heavy atom. The lowest BCUT2D eigenvalue weighted by Gasteiger charge is -2.19. The molecule has 4 nitrogen and oxygen atoms in total. The van der Waals surface area contributed by atoms with Crippen molar-refractivity contribution in [1.82, 2.24) is 10.2 Å². The van der Waals surface area contributed by atoms with E-state index in [1.807, 2.05) is 6.07 Å². The van der Waals surface area contributed by atoms with Crippen LogP contribution in [0.4, 0.5) is 0 Å². The minimum Gasteiger partial charge on any atom is -0.481 e. The molecule has 0 unspecified atom stereocenters. The molecule has 1 aromatic heterocycles. The molecule has 0 saturated heterocycles. The van der Waals surface area contributed by atoms with Gasteiger partial charge in [-0.1, -0.05) is 45.0 Å². The highest BCUT2D eigenvalue weighted by molar-refractivity contribution is 5.69. The Morgan fingerprint density at radius 1 is 1.25 bits per heavy atom. The number of carboxylic acids is 1. The number of carboxylic acid groups (broad SMARTS) is 1. The van der Waals surface area contributed by atoms with E-state index in [1.54, 1.807) is 0 Å². The second-order valence-corrected chi connectivity index (χ2v) is 6.08. The summed E-state index contributed by atoms with van der Waals surface area (Å²) in [5.41, 5.74) is 4.14. The summed E-state index contributed by atoms with van der Waals surface area (Å²) in [5.74, 6) is -0.863. The highest BCUT2D eigenvalue weighted by Crippen LogP contribution is 2.22. The van der Waals surface area contributed by atoms with Crippen LogP contribution in [0.3, 0.4) is 0 Å². The van der Waals surface area contributed by atoms with Gasteiger partial charge in [-0.25, -0.2) is 0 Å². The molecule has 0 aliphatic heterocycles. The Morgan fingerprint density at radius 3 is 2.45 bits per heavy atom. The average Bonchev–Trinajstić information content (AvgIpc) is 2.75. The minimum atomic E-state index is -0.863. The van der Waals surface area contributed by atoms with E-state index < -0.39 is 5.97 Å². The standard InChI is InChI=1S/C16H20N2O2/c1-16(2,3)12-6-4-11(5-7-12)8-13-9-14(18-17-13)10-15(19)20/h4-7,9H,8,10H2,1-3H3,(H,17,18)(H,19,20). The van der Waals surface area contributed by atoms with Crippen molar-refractivity contribution in [2.45, 2.75) is 39.0 Å². The van der Waals surface area contributed by atoms with Gasteiger partial charge in [0, 0.05) is 12.1 Å². The van der Waals surface area contributed by atoms with Crippen molar-refractivity contribution < 1.29 is 9.90 Å². The van der Waals surface area contributed by atoms with Crippen LogP contribution in [0.5, 0.6) is 0 Å². The Hall–Kier alpha value is -2.10. The Balaban J connectivity index is 2.06. The molecule has 0 atom stereocenters. The van der Waals surface area contributed by atoms with Crippen molar-refractivity contribution >= 4 is 5.97 Å². The molecule has 20 heavy (non-hydrogen) atoms. The summed E-state index contributed by atoms with van der Waals surface area (Å²) in [4.78, 5) is 10.6. The first-order valence-corrected chi connectivity index (χ1v) is 6.69. The van der Waals surface area contributed by atoms with Gasteiger partial charge in [0.05, 0.1) is 12.1 Å². The molecule has 0 aliphatic rings. The van der Waals surface area contributed by atoms with Gasteiger partial charge in [-0.2, -0.15) is 5.10 Å². The number of rotatable bonds is 4. The summed E-state index contributed by atoms with van der Waals surface area (Å²) in [6.45, 7) is 6.57. The second-order valence-electron chi connectivity index (χ2n) is 6.08. The van der Waals surface area contributed by atoms with Gasteiger partial charge in [0.25, 0.3) is 0 Å². The molecular weight excluding hydrogens is 252 g/mol. The van der Waals surface area contributed by atoms with E-state index in [-0.39, 0.29) is 11.8 Å². The summed E-state index contributed by atoms with van der Waals surface area (Å²) >= 11 is 0. The average molecular weight is 272 g/mol. The molecule has 0 spiro atoms. The van der Waals surface area contributed by atoms with Gasteiger partial charge < -0.3 is 5.11 Å². The number of H-pyrrole nitrogens is 1. The van der Waals surface area contributed by atoms with Crippen molar-refractivity contribution in [3.8, 4) is 0 Å². The first-order valence-electron chi connectivity index (χ1n) is 6.69. The van der Waals surface area contributed by atoms with E-state index in [9.17, 15) is 4.79 Å². The van der Waals surface area contributed by atoms with Crippen LogP contribution in [0.25, 0.3) is 0 Å². The third-order valence-electron chi connectivity index (χ3n) is 3.23. The van der Waals surface area contributed by atoms with Crippen LogP contribution in [0.15, 0.2) is 30.3 Å². The van der Waals surface area contributed by atoms with Gasteiger partial charge in [-0.15, -0.1) is 0 Å².